The highest BCUT2D eigenvalue weighted by molar-refractivity contribution is 7.89. The zero-order chi connectivity index (χ0) is 14.0. The van der Waals surface area contributed by atoms with Gasteiger partial charge in [-0.15, -0.1) is 11.3 Å². The van der Waals surface area contributed by atoms with Crippen LogP contribution in [0.4, 0.5) is 5.13 Å². The molecule has 2 rings (SSSR count). The zero-order valence-corrected chi connectivity index (χ0v) is 11.6. The smallest absolute Gasteiger partial charge is 0.257 e. The average Bonchev–Trinajstić information content (AvgIpc) is 2.79. The number of rotatable bonds is 3. The summed E-state index contributed by atoms with van der Waals surface area (Å²) in [5.41, 5.74) is 0.857. The van der Waals surface area contributed by atoms with Crippen LogP contribution in [0.15, 0.2) is 34.7 Å². The minimum Gasteiger partial charge on any atom is -0.298 e. The maximum absolute atomic E-state index is 12.0. The summed E-state index contributed by atoms with van der Waals surface area (Å²) < 4.78 is 22.6. The molecule has 0 spiro atoms. The fraction of sp³-hybridized carbons (Fsp3) is 0.0909. The van der Waals surface area contributed by atoms with E-state index in [1.54, 1.807) is 24.6 Å². The quantitative estimate of drug-likeness (QED) is 0.892. The van der Waals surface area contributed by atoms with E-state index in [2.05, 4.69) is 10.3 Å². The average molecular weight is 297 g/mol. The van der Waals surface area contributed by atoms with Crippen molar-refractivity contribution in [1.82, 2.24) is 4.98 Å². The van der Waals surface area contributed by atoms with E-state index in [9.17, 15) is 13.2 Å². The van der Waals surface area contributed by atoms with Crippen LogP contribution >= 0.6 is 11.3 Å². The number of anilines is 1. The van der Waals surface area contributed by atoms with E-state index in [0.29, 0.717) is 10.7 Å². The fourth-order valence-electron chi connectivity index (χ4n) is 1.50. The molecular formula is C11H11N3O3S2. The van der Waals surface area contributed by atoms with Crippen molar-refractivity contribution in [2.75, 3.05) is 5.32 Å². The zero-order valence-electron chi connectivity index (χ0n) is 9.95. The van der Waals surface area contributed by atoms with E-state index in [1.807, 2.05) is 0 Å². The second-order valence-corrected chi connectivity index (χ2v) is 6.33. The molecule has 1 amide bonds. The first kappa shape index (κ1) is 13.7. The lowest BCUT2D eigenvalue weighted by Gasteiger charge is -2.06. The van der Waals surface area contributed by atoms with E-state index < -0.39 is 15.9 Å². The van der Waals surface area contributed by atoms with Crippen LogP contribution in [0, 0.1) is 6.92 Å². The van der Waals surface area contributed by atoms with Crippen LogP contribution in [0.1, 0.15) is 15.9 Å². The predicted octanol–water partition coefficient (Wildman–Crippen LogP) is 1.35. The summed E-state index contributed by atoms with van der Waals surface area (Å²) in [5, 5.41) is 9.81. The maximum atomic E-state index is 12.0. The Kier molecular flexibility index (Phi) is 3.65. The first-order valence-electron chi connectivity index (χ1n) is 5.21. The van der Waals surface area contributed by atoms with Gasteiger partial charge in [0, 0.05) is 17.1 Å². The molecule has 6 nitrogen and oxygen atoms in total. The molecule has 0 radical (unpaired) electrons. The Bertz CT molecular complexity index is 709. The minimum atomic E-state index is -3.84. The highest BCUT2D eigenvalue weighted by Gasteiger charge is 2.14. The summed E-state index contributed by atoms with van der Waals surface area (Å²) >= 11 is 1.27. The lowest BCUT2D eigenvalue weighted by molar-refractivity contribution is 0.102. The lowest BCUT2D eigenvalue weighted by Crippen LogP contribution is -2.16. The van der Waals surface area contributed by atoms with E-state index in [0.717, 1.165) is 0 Å². The number of primary sulfonamides is 1. The number of hydrogen-bond donors (Lipinski definition) is 2. The normalized spacial score (nSPS) is 11.3. The van der Waals surface area contributed by atoms with Gasteiger partial charge in [0.1, 0.15) is 0 Å². The second kappa shape index (κ2) is 5.08. The number of nitrogens with zero attached hydrogens (tertiary/aromatic N) is 1. The van der Waals surface area contributed by atoms with Gasteiger partial charge in [-0.2, -0.15) is 0 Å². The SMILES string of the molecule is Cc1cc(C(=O)Nc2nccs2)cc(S(N)(=O)=O)c1. The van der Waals surface area contributed by atoms with Crippen molar-refractivity contribution < 1.29 is 13.2 Å². The molecule has 3 N–H and O–H groups in total. The van der Waals surface area contributed by atoms with Crippen LogP contribution in [0.25, 0.3) is 0 Å². The van der Waals surface area contributed by atoms with Gasteiger partial charge in [0.2, 0.25) is 10.0 Å². The van der Waals surface area contributed by atoms with Crippen molar-refractivity contribution in [2.24, 2.45) is 5.14 Å². The molecule has 0 aliphatic heterocycles. The van der Waals surface area contributed by atoms with Gasteiger partial charge in [-0.1, -0.05) is 0 Å². The number of nitrogens with two attached hydrogens (primary N) is 1. The number of amides is 1. The predicted molar refractivity (Wildman–Crippen MR) is 72.6 cm³/mol. The standard InChI is InChI=1S/C11H11N3O3S2/c1-7-4-8(6-9(5-7)19(12,16)17)10(15)14-11-13-2-3-18-11/h2-6H,1H3,(H2,12,16,17)(H,13,14,15). The van der Waals surface area contributed by atoms with Gasteiger partial charge in [0.25, 0.3) is 5.91 Å². The Morgan fingerprint density at radius 3 is 2.68 bits per heavy atom. The third-order valence-electron chi connectivity index (χ3n) is 2.29. The molecule has 0 atom stereocenters. The van der Waals surface area contributed by atoms with Gasteiger partial charge < -0.3 is 0 Å². The molecule has 0 aliphatic rings. The Morgan fingerprint density at radius 1 is 1.37 bits per heavy atom. The topological polar surface area (TPSA) is 102 Å². The van der Waals surface area contributed by atoms with Crippen LogP contribution < -0.4 is 10.5 Å². The molecule has 2 aromatic rings. The highest BCUT2D eigenvalue weighted by Crippen LogP contribution is 2.16. The third-order valence-corrected chi connectivity index (χ3v) is 3.88. The minimum absolute atomic E-state index is 0.0863. The number of sulfonamides is 1. The van der Waals surface area contributed by atoms with E-state index in [1.165, 1.54) is 23.5 Å². The van der Waals surface area contributed by atoms with Crippen molar-refractivity contribution in [3.8, 4) is 0 Å². The molecule has 100 valence electrons. The van der Waals surface area contributed by atoms with Crippen LogP contribution in [0.3, 0.4) is 0 Å². The number of nitrogens with one attached hydrogen (secondary N) is 1. The number of thiazole rings is 1. The number of carbonyl (C=O) groups excluding carboxylic acids is 1. The fourth-order valence-corrected chi connectivity index (χ4v) is 2.66. The number of benzene rings is 1. The van der Waals surface area contributed by atoms with Crippen molar-refractivity contribution in [3.05, 3.63) is 40.9 Å². The molecule has 0 saturated heterocycles. The van der Waals surface area contributed by atoms with Gasteiger partial charge in [-0.05, 0) is 30.7 Å². The number of aryl methyl sites for hydroxylation is 1. The van der Waals surface area contributed by atoms with Crippen LogP contribution in [-0.2, 0) is 10.0 Å². The molecule has 0 aliphatic carbocycles. The van der Waals surface area contributed by atoms with Gasteiger partial charge in [0.15, 0.2) is 5.13 Å². The Balaban J connectivity index is 2.35. The van der Waals surface area contributed by atoms with Crippen LogP contribution in [0.5, 0.6) is 0 Å². The molecule has 19 heavy (non-hydrogen) atoms. The monoisotopic (exact) mass is 297 g/mol. The van der Waals surface area contributed by atoms with Crippen molar-refractivity contribution in [1.29, 1.82) is 0 Å². The van der Waals surface area contributed by atoms with Crippen molar-refractivity contribution in [3.63, 3.8) is 0 Å². The molecule has 1 heterocycles. The number of aromatic nitrogens is 1. The van der Waals surface area contributed by atoms with E-state index in [4.69, 9.17) is 5.14 Å². The molecule has 0 fully saturated rings. The largest absolute Gasteiger partial charge is 0.298 e. The summed E-state index contributed by atoms with van der Waals surface area (Å²) in [6.45, 7) is 1.69. The summed E-state index contributed by atoms with van der Waals surface area (Å²) in [5.74, 6) is -0.427. The van der Waals surface area contributed by atoms with Crippen LogP contribution in [0.2, 0.25) is 0 Å². The summed E-state index contributed by atoms with van der Waals surface area (Å²) in [7, 11) is -3.84. The van der Waals surface area contributed by atoms with E-state index >= 15 is 0 Å². The summed E-state index contributed by atoms with van der Waals surface area (Å²) in [6.07, 6.45) is 1.56. The Hall–Kier alpha value is -1.77. The Labute approximate surface area is 114 Å². The van der Waals surface area contributed by atoms with Gasteiger partial charge in [-0.25, -0.2) is 18.5 Å². The molecule has 0 bridgehead atoms. The van der Waals surface area contributed by atoms with Crippen LogP contribution in [-0.4, -0.2) is 19.3 Å². The van der Waals surface area contributed by atoms with Gasteiger partial charge in [-0.3, -0.25) is 10.1 Å². The molecule has 1 aromatic carbocycles. The van der Waals surface area contributed by atoms with E-state index in [-0.39, 0.29) is 10.5 Å². The first-order chi connectivity index (χ1) is 8.86. The lowest BCUT2D eigenvalue weighted by atomic mass is 10.1. The van der Waals surface area contributed by atoms with Gasteiger partial charge >= 0.3 is 0 Å². The third kappa shape index (κ3) is 3.37. The summed E-state index contributed by atoms with van der Waals surface area (Å²) in [6, 6.07) is 4.23. The molecule has 1 aromatic heterocycles. The molecular weight excluding hydrogens is 286 g/mol. The second-order valence-electron chi connectivity index (χ2n) is 3.87. The number of carbonyl (C=O) groups is 1. The molecule has 8 heteroatoms. The molecule has 0 saturated carbocycles. The van der Waals surface area contributed by atoms with Gasteiger partial charge in [0.05, 0.1) is 4.90 Å². The first-order valence-corrected chi connectivity index (χ1v) is 7.64. The van der Waals surface area contributed by atoms with Crippen molar-refractivity contribution in [2.45, 2.75) is 11.8 Å². The maximum Gasteiger partial charge on any atom is 0.257 e. The highest BCUT2D eigenvalue weighted by atomic mass is 32.2. The Morgan fingerprint density at radius 2 is 2.11 bits per heavy atom. The summed E-state index contributed by atoms with van der Waals surface area (Å²) in [4.78, 5) is 15.8. The molecule has 0 unspecified atom stereocenters. The van der Waals surface area contributed by atoms with Crippen molar-refractivity contribution >= 4 is 32.4 Å². The number of hydrogen-bond acceptors (Lipinski definition) is 5.